The standard InChI is InChI=1S/C16H23N3O2/c1-2-21-16(20)12-9-15(18-10-13(12)17)19-8-4-6-11-5-3-7-14(11)19/h9-11,14H,2-8,17H2,1H3. The van der Waals surface area contributed by atoms with Crippen molar-refractivity contribution < 1.29 is 9.53 Å². The monoisotopic (exact) mass is 289 g/mol. The van der Waals surface area contributed by atoms with E-state index in [0.717, 1.165) is 18.3 Å². The number of aromatic nitrogens is 1. The quantitative estimate of drug-likeness (QED) is 0.866. The first-order chi connectivity index (χ1) is 10.2. The molecule has 1 aromatic heterocycles. The van der Waals surface area contributed by atoms with Crippen LogP contribution in [0.25, 0.3) is 0 Å². The van der Waals surface area contributed by atoms with Gasteiger partial charge in [-0.05, 0) is 44.6 Å². The van der Waals surface area contributed by atoms with E-state index in [1.165, 1.54) is 32.1 Å². The highest BCUT2D eigenvalue weighted by Crippen LogP contribution is 2.38. The minimum Gasteiger partial charge on any atom is -0.462 e. The van der Waals surface area contributed by atoms with Gasteiger partial charge in [-0.15, -0.1) is 0 Å². The molecule has 114 valence electrons. The van der Waals surface area contributed by atoms with Crippen LogP contribution in [0.4, 0.5) is 11.5 Å². The number of rotatable bonds is 3. The van der Waals surface area contributed by atoms with Gasteiger partial charge in [0.05, 0.1) is 24.1 Å². The maximum Gasteiger partial charge on any atom is 0.340 e. The van der Waals surface area contributed by atoms with Gasteiger partial charge in [0.25, 0.3) is 0 Å². The molecule has 1 saturated carbocycles. The summed E-state index contributed by atoms with van der Waals surface area (Å²) in [6.45, 7) is 3.16. The van der Waals surface area contributed by atoms with Crippen molar-refractivity contribution >= 4 is 17.5 Å². The van der Waals surface area contributed by atoms with Crippen LogP contribution in [0.5, 0.6) is 0 Å². The third-order valence-electron chi connectivity index (χ3n) is 4.70. The second-order valence-corrected chi connectivity index (χ2v) is 5.94. The summed E-state index contributed by atoms with van der Waals surface area (Å²) in [5.41, 5.74) is 6.69. The lowest BCUT2D eigenvalue weighted by atomic mass is 9.92. The van der Waals surface area contributed by atoms with E-state index in [9.17, 15) is 4.79 Å². The van der Waals surface area contributed by atoms with Crippen LogP contribution < -0.4 is 10.6 Å². The van der Waals surface area contributed by atoms with Crippen LogP contribution in [0.1, 0.15) is 49.4 Å². The predicted octanol–water partition coefficient (Wildman–Crippen LogP) is 2.61. The van der Waals surface area contributed by atoms with Crippen molar-refractivity contribution in [3.8, 4) is 0 Å². The summed E-state index contributed by atoms with van der Waals surface area (Å²) < 4.78 is 5.07. The van der Waals surface area contributed by atoms with E-state index >= 15 is 0 Å². The third kappa shape index (κ3) is 2.69. The number of nitrogens with two attached hydrogens (primary N) is 1. The summed E-state index contributed by atoms with van der Waals surface area (Å²) in [4.78, 5) is 18.8. The van der Waals surface area contributed by atoms with Crippen molar-refractivity contribution in [3.63, 3.8) is 0 Å². The summed E-state index contributed by atoms with van der Waals surface area (Å²) in [6.07, 6.45) is 7.95. The van der Waals surface area contributed by atoms with Gasteiger partial charge in [0.1, 0.15) is 5.82 Å². The van der Waals surface area contributed by atoms with Crippen LogP contribution in [0.15, 0.2) is 12.3 Å². The normalized spacial score (nSPS) is 24.7. The Kier molecular flexibility index (Phi) is 3.99. The number of hydrogen-bond acceptors (Lipinski definition) is 5. The number of carbonyl (C=O) groups is 1. The molecule has 2 fully saturated rings. The van der Waals surface area contributed by atoms with Crippen molar-refractivity contribution in [2.75, 3.05) is 23.8 Å². The number of carbonyl (C=O) groups excluding carboxylic acids is 1. The predicted molar refractivity (Wildman–Crippen MR) is 82.3 cm³/mol. The average Bonchev–Trinajstić information content (AvgIpc) is 2.96. The lowest BCUT2D eigenvalue weighted by Gasteiger charge is -2.38. The maximum atomic E-state index is 12.0. The molecule has 2 N–H and O–H groups in total. The Labute approximate surface area is 125 Å². The first-order valence-electron chi connectivity index (χ1n) is 7.90. The van der Waals surface area contributed by atoms with E-state index < -0.39 is 0 Å². The van der Waals surface area contributed by atoms with Crippen LogP contribution >= 0.6 is 0 Å². The largest absolute Gasteiger partial charge is 0.462 e. The van der Waals surface area contributed by atoms with Crippen molar-refractivity contribution in [2.24, 2.45) is 5.92 Å². The highest BCUT2D eigenvalue weighted by molar-refractivity contribution is 5.95. The molecule has 5 nitrogen and oxygen atoms in total. The fraction of sp³-hybridized carbons (Fsp3) is 0.625. The molecule has 1 aromatic rings. The zero-order valence-electron chi connectivity index (χ0n) is 12.5. The van der Waals surface area contributed by atoms with Gasteiger partial charge in [-0.1, -0.05) is 6.42 Å². The molecule has 2 atom stereocenters. The summed E-state index contributed by atoms with van der Waals surface area (Å²) >= 11 is 0. The Morgan fingerprint density at radius 2 is 2.24 bits per heavy atom. The molecule has 1 aliphatic heterocycles. The molecular weight excluding hydrogens is 266 g/mol. The average molecular weight is 289 g/mol. The molecule has 1 aliphatic carbocycles. The van der Waals surface area contributed by atoms with Crippen molar-refractivity contribution in [2.45, 2.75) is 45.1 Å². The molecule has 0 radical (unpaired) electrons. The minimum absolute atomic E-state index is 0.352. The molecule has 0 aromatic carbocycles. The molecule has 0 amide bonds. The van der Waals surface area contributed by atoms with Crippen LogP contribution in [0.2, 0.25) is 0 Å². The molecule has 0 spiro atoms. The Bertz CT molecular complexity index is 532. The van der Waals surface area contributed by atoms with Gasteiger partial charge in [0.15, 0.2) is 0 Å². The maximum absolute atomic E-state index is 12.0. The lowest BCUT2D eigenvalue weighted by Crippen LogP contribution is -2.43. The van der Waals surface area contributed by atoms with Gasteiger partial charge in [-0.3, -0.25) is 0 Å². The van der Waals surface area contributed by atoms with Gasteiger partial charge in [-0.2, -0.15) is 0 Å². The van der Waals surface area contributed by atoms with E-state index in [1.54, 1.807) is 19.2 Å². The van der Waals surface area contributed by atoms with Gasteiger partial charge < -0.3 is 15.4 Å². The van der Waals surface area contributed by atoms with Crippen LogP contribution in [0.3, 0.4) is 0 Å². The van der Waals surface area contributed by atoms with E-state index in [-0.39, 0.29) is 5.97 Å². The van der Waals surface area contributed by atoms with E-state index in [4.69, 9.17) is 10.5 Å². The Balaban J connectivity index is 1.88. The second kappa shape index (κ2) is 5.92. The third-order valence-corrected chi connectivity index (χ3v) is 4.70. The van der Waals surface area contributed by atoms with Gasteiger partial charge in [0.2, 0.25) is 0 Å². The zero-order chi connectivity index (χ0) is 14.8. The van der Waals surface area contributed by atoms with Crippen LogP contribution in [0, 0.1) is 5.92 Å². The number of piperidine rings is 1. The van der Waals surface area contributed by atoms with Crippen molar-refractivity contribution in [3.05, 3.63) is 17.8 Å². The number of ether oxygens (including phenoxy) is 1. The van der Waals surface area contributed by atoms with Gasteiger partial charge >= 0.3 is 5.97 Å². The van der Waals surface area contributed by atoms with Crippen LogP contribution in [-0.2, 0) is 4.74 Å². The number of nitrogens with zero attached hydrogens (tertiary/aromatic N) is 2. The van der Waals surface area contributed by atoms with E-state index in [2.05, 4.69) is 9.88 Å². The molecule has 2 aliphatic rings. The van der Waals surface area contributed by atoms with E-state index in [1.807, 2.05) is 0 Å². The molecule has 21 heavy (non-hydrogen) atoms. The first-order valence-corrected chi connectivity index (χ1v) is 7.90. The van der Waals surface area contributed by atoms with Crippen LogP contribution in [-0.4, -0.2) is 30.1 Å². The molecule has 3 rings (SSSR count). The fourth-order valence-corrected chi connectivity index (χ4v) is 3.74. The van der Waals surface area contributed by atoms with Gasteiger partial charge in [0, 0.05) is 12.6 Å². The highest BCUT2D eigenvalue weighted by Gasteiger charge is 2.35. The second-order valence-electron chi connectivity index (χ2n) is 5.94. The highest BCUT2D eigenvalue weighted by atomic mass is 16.5. The molecule has 5 heteroatoms. The number of esters is 1. The van der Waals surface area contributed by atoms with Crippen molar-refractivity contribution in [1.82, 2.24) is 4.98 Å². The summed E-state index contributed by atoms with van der Waals surface area (Å²) in [6, 6.07) is 2.37. The SMILES string of the molecule is CCOC(=O)c1cc(N2CCCC3CCCC32)ncc1N. The van der Waals surface area contributed by atoms with Crippen molar-refractivity contribution in [1.29, 1.82) is 0 Å². The Morgan fingerprint density at radius 3 is 3.05 bits per heavy atom. The first kappa shape index (κ1) is 14.2. The Morgan fingerprint density at radius 1 is 1.43 bits per heavy atom. The number of hydrogen-bond donors (Lipinski definition) is 1. The number of nitrogen functional groups attached to an aromatic ring is 1. The Hall–Kier alpha value is -1.78. The topological polar surface area (TPSA) is 68.5 Å². The summed E-state index contributed by atoms with van der Waals surface area (Å²) in [5, 5.41) is 0. The number of anilines is 2. The molecule has 0 bridgehead atoms. The summed E-state index contributed by atoms with van der Waals surface area (Å²) in [7, 11) is 0. The van der Waals surface area contributed by atoms with E-state index in [0.29, 0.717) is 23.9 Å². The number of fused-ring (bicyclic) bond motifs is 1. The minimum atomic E-state index is -0.362. The fourth-order valence-electron chi connectivity index (χ4n) is 3.74. The molecule has 1 saturated heterocycles. The molecule has 2 heterocycles. The lowest BCUT2D eigenvalue weighted by molar-refractivity contribution is 0.0527. The number of pyridine rings is 1. The van der Waals surface area contributed by atoms with Gasteiger partial charge in [-0.25, -0.2) is 9.78 Å². The summed E-state index contributed by atoms with van der Waals surface area (Å²) in [5.74, 6) is 1.28. The zero-order valence-corrected chi connectivity index (χ0v) is 12.5. The molecular formula is C16H23N3O2. The molecule has 2 unspecified atom stereocenters. The smallest absolute Gasteiger partial charge is 0.340 e.